The molecule has 0 heterocycles. The SMILES string of the molecule is CC(O)c1ccc(N(CC2CC2)CC2CC2)cc1. The molecular weight excluding hydrogens is 222 g/mol. The molecule has 0 amide bonds. The van der Waals surface area contributed by atoms with Gasteiger partial charge in [0, 0.05) is 18.8 Å². The van der Waals surface area contributed by atoms with E-state index in [0.717, 1.165) is 17.4 Å². The Bertz CT molecular complexity index is 376. The third kappa shape index (κ3) is 3.05. The lowest BCUT2D eigenvalue weighted by molar-refractivity contribution is 0.199. The quantitative estimate of drug-likeness (QED) is 0.830. The molecule has 98 valence electrons. The Kier molecular flexibility index (Phi) is 3.29. The summed E-state index contributed by atoms with van der Waals surface area (Å²) < 4.78 is 0. The van der Waals surface area contributed by atoms with Crippen LogP contribution in [-0.2, 0) is 0 Å². The Morgan fingerprint density at radius 1 is 1.06 bits per heavy atom. The first-order chi connectivity index (χ1) is 8.72. The van der Waals surface area contributed by atoms with E-state index in [0.29, 0.717) is 0 Å². The minimum absolute atomic E-state index is 0.362. The molecule has 2 fully saturated rings. The molecule has 1 aromatic rings. The zero-order valence-corrected chi connectivity index (χ0v) is 11.2. The van der Waals surface area contributed by atoms with Crippen LogP contribution in [0, 0.1) is 11.8 Å². The fraction of sp³-hybridized carbons (Fsp3) is 0.625. The van der Waals surface area contributed by atoms with E-state index in [4.69, 9.17) is 0 Å². The summed E-state index contributed by atoms with van der Waals surface area (Å²) in [5, 5.41) is 9.55. The van der Waals surface area contributed by atoms with E-state index >= 15 is 0 Å². The molecule has 0 bridgehead atoms. The molecule has 2 saturated carbocycles. The van der Waals surface area contributed by atoms with E-state index in [1.54, 1.807) is 0 Å². The second-order valence-electron chi connectivity index (χ2n) is 6.06. The molecule has 1 unspecified atom stereocenters. The maximum Gasteiger partial charge on any atom is 0.0761 e. The van der Waals surface area contributed by atoms with Crippen molar-refractivity contribution in [1.29, 1.82) is 0 Å². The van der Waals surface area contributed by atoms with Crippen LogP contribution in [0.5, 0.6) is 0 Å². The Morgan fingerprint density at radius 2 is 1.56 bits per heavy atom. The molecular formula is C16H23NO. The Labute approximate surface area is 110 Å². The molecule has 2 aliphatic rings. The second-order valence-corrected chi connectivity index (χ2v) is 6.06. The first-order valence-electron chi connectivity index (χ1n) is 7.25. The largest absolute Gasteiger partial charge is 0.389 e. The lowest BCUT2D eigenvalue weighted by Gasteiger charge is -2.25. The molecule has 1 atom stereocenters. The van der Waals surface area contributed by atoms with Gasteiger partial charge in [0.15, 0.2) is 0 Å². The van der Waals surface area contributed by atoms with Gasteiger partial charge >= 0.3 is 0 Å². The Balaban J connectivity index is 1.70. The Morgan fingerprint density at radius 3 is 1.94 bits per heavy atom. The molecule has 0 aromatic heterocycles. The number of hydrogen-bond acceptors (Lipinski definition) is 2. The average Bonchev–Trinajstić information content (AvgIpc) is 3.23. The van der Waals surface area contributed by atoms with E-state index in [2.05, 4.69) is 29.2 Å². The minimum atomic E-state index is -0.362. The van der Waals surface area contributed by atoms with Gasteiger partial charge in [-0.25, -0.2) is 0 Å². The summed E-state index contributed by atoms with van der Waals surface area (Å²) in [5.74, 6) is 1.86. The van der Waals surface area contributed by atoms with Crippen molar-refractivity contribution in [1.82, 2.24) is 0 Å². The second kappa shape index (κ2) is 4.93. The highest BCUT2D eigenvalue weighted by Gasteiger charge is 2.29. The van der Waals surface area contributed by atoms with E-state index in [1.807, 2.05) is 6.92 Å². The summed E-state index contributed by atoms with van der Waals surface area (Å²) >= 11 is 0. The lowest BCUT2D eigenvalue weighted by atomic mass is 10.1. The predicted octanol–water partition coefficient (Wildman–Crippen LogP) is 3.37. The summed E-state index contributed by atoms with van der Waals surface area (Å²) in [7, 11) is 0. The van der Waals surface area contributed by atoms with Crippen LogP contribution in [-0.4, -0.2) is 18.2 Å². The summed E-state index contributed by atoms with van der Waals surface area (Å²) in [6.45, 7) is 4.27. The molecule has 0 spiro atoms. The summed E-state index contributed by atoms with van der Waals surface area (Å²) in [6, 6.07) is 8.47. The highest BCUT2D eigenvalue weighted by molar-refractivity contribution is 5.48. The third-order valence-corrected chi connectivity index (χ3v) is 4.09. The van der Waals surface area contributed by atoms with Crippen LogP contribution < -0.4 is 4.90 Å². The summed E-state index contributed by atoms with van der Waals surface area (Å²) in [5.41, 5.74) is 2.34. The molecule has 1 aromatic carbocycles. The van der Waals surface area contributed by atoms with Gasteiger partial charge in [-0.15, -0.1) is 0 Å². The topological polar surface area (TPSA) is 23.5 Å². The molecule has 1 N–H and O–H groups in total. The van der Waals surface area contributed by atoms with Gasteiger partial charge in [-0.2, -0.15) is 0 Å². The summed E-state index contributed by atoms with van der Waals surface area (Å²) in [6.07, 6.45) is 5.28. The molecule has 2 heteroatoms. The van der Waals surface area contributed by atoms with Crippen molar-refractivity contribution >= 4 is 5.69 Å². The monoisotopic (exact) mass is 245 g/mol. The van der Waals surface area contributed by atoms with Gasteiger partial charge in [-0.3, -0.25) is 0 Å². The van der Waals surface area contributed by atoms with Crippen LogP contribution in [0.3, 0.4) is 0 Å². The average molecular weight is 245 g/mol. The first kappa shape index (κ1) is 12.0. The van der Waals surface area contributed by atoms with Crippen LogP contribution in [0.2, 0.25) is 0 Å². The number of anilines is 1. The maximum atomic E-state index is 9.55. The van der Waals surface area contributed by atoms with Crippen molar-refractivity contribution in [2.75, 3.05) is 18.0 Å². The van der Waals surface area contributed by atoms with Crippen molar-refractivity contribution in [3.05, 3.63) is 29.8 Å². The molecule has 2 nitrogen and oxygen atoms in total. The number of benzene rings is 1. The van der Waals surface area contributed by atoms with Gasteiger partial charge in [0.2, 0.25) is 0 Å². The fourth-order valence-corrected chi connectivity index (χ4v) is 2.47. The van der Waals surface area contributed by atoms with Crippen LogP contribution in [0.1, 0.15) is 44.3 Å². The Hall–Kier alpha value is -1.02. The van der Waals surface area contributed by atoms with Gasteiger partial charge in [0.05, 0.1) is 6.10 Å². The van der Waals surface area contributed by atoms with Gasteiger partial charge < -0.3 is 10.0 Å². The molecule has 0 saturated heterocycles. The number of rotatable bonds is 6. The third-order valence-electron chi connectivity index (χ3n) is 4.09. The van der Waals surface area contributed by atoms with E-state index in [-0.39, 0.29) is 6.10 Å². The molecule has 0 aliphatic heterocycles. The van der Waals surface area contributed by atoms with Gasteiger partial charge in [-0.05, 0) is 62.1 Å². The van der Waals surface area contributed by atoms with Crippen LogP contribution in [0.15, 0.2) is 24.3 Å². The van der Waals surface area contributed by atoms with Crippen LogP contribution >= 0.6 is 0 Å². The zero-order chi connectivity index (χ0) is 12.5. The highest BCUT2D eigenvalue weighted by atomic mass is 16.3. The molecule has 2 aliphatic carbocycles. The maximum absolute atomic E-state index is 9.55. The zero-order valence-electron chi connectivity index (χ0n) is 11.2. The van der Waals surface area contributed by atoms with Crippen molar-refractivity contribution in [3.63, 3.8) is 0 Å². The minimum Gasteiger partial charge on any atom is -0.389 e. The first-order valence-corrected chi connectivity index (χ1v) is 7.25. The van der Waals surface area contributed by atoms with Crippen LogP contribution in [0.4, 0.5) is 5.69 Å². The van der Waals surface area contributed by atoms with Gasteiger partial charge in [-0.1, -0.05) is 12.1 Å². The van der Waals surface area contributed by atoms with E-state index in [9.17, 15) is 5.11 Å². The van der Waals surface area contributed by atoms with E-state index < -0.39 is 0 Å². The standard InChI is InChI=1S/C16H23NO/c1-12(18)15-6-8-16(9-7-15)17(10-13-2-3-13)11-14-4-5-14/h6-9,12-14,18H,2-5,10-11H2,1H3. The lowest BCUT2D eigenvalue weighted by Crippen LogP contribution is -2.27. The molecule has 0 radical (unpaired) electrons. The number of nitrogens with zero attached hydrogens (tertiary/aromatic N) is 1. The predicted molar refractivity (Wildman–Crippen MR) is 74.7 cm³/mol. The van der Waals surface area contributed by atoms with Gasteiger partial charge in [0.25, 0.3) is 0 Å². The fourth-order valence-electron chi connectivity index (χ4n) is 2.47. The number of aliphatic hydroxyl groups excluding tert-OH is 1. The van der Waals surface area contributed by atoms with Crippen molar-refractivity contribution in [2.24, 2.45) is 11.8 Å². The van der Waals surface area contributed by atoms with Crippen molar-refractivity contribution < 1.29 is 5.11 Å². The normalized spacial score (nSPS) is 20.8. The van der Waals surface area contributed by atoms with E-state index in [1.165, 1.54) is 44.5 Å². The van der Waals surface area contributed by atoms with Gasteiger partial charge in [0.1, 0.15) is 0 Å². The smallest absolute Gasteiger partial charge is 0.0761 e. The molecule has 3 rings (SSSR count). The number of aliphatic hydroxyl groups is 1. The van der Waals surface area contributed by atoms with Crippen molar-refractivity contribution in [2.45, 2.75) is 38.7 Å². The molecule has 18 heavy (non-hydrogen) atoms. The number of hydrogen-bond donors (Lipinski definition) is 1. The highest BCUT2D eigenvalue weighted by Crippen LogP contribution is 2.35. The van der Waals surface area contributed by atoms with Crippen LogP contribution in [0.25, 0.3) is 0 Å². The summed E-state index contributed by atoms with van der Waals surface area (Å²) in [4.78, 5) is 2.56. The van der Waals surface area contributed by atoms with Crippen molar-refractivity contribution in [3.8, 4) is 0 Å².